The Hall–Kier alpha value is -1.96. The lowest BCUT2D eigenvalue weighted by Crippen LogP contribution is -2.45. The van der Waals surface area contributed by atoms with Crippen molar-refractivity contribution in [2.75, 3.05) is 58.2 Å². The number of amides is 2. The fraction of sp³-hybridized carbons (Fsp3) is 0.652. The van der Waals surface area contributed by atoms with Crippen LogP contribution in [-0.2, 0) is 16.0 Å². The Kier molecular flexibility index (Phi) is 6.71. The van der Waals surface area contributed by atoms with Crippen LogP contribution >= 0.6 is 0 Å². The van der Waals surface area contributed by atoms with E-state index in [4.69, 9.17) is 0 Å². The van der Waals surface area contributed by atoms with Crippen LogP contribution in [0.25, 0.3) is 0 Å². The van der Waals surface area contributed by atoms with Gasteiger partial charge in [0.1, 0.15) is 0 Å². The fourth-order valence-electron chi connectivity index (χ4n) is 4.59. The van der Waals surface area contributed by atoms with Crippen molar-refractivity contribution >= 4 is 17.5 Å². The van der Waals surface area contributed by atoms with Crippen LogP contribution in [0, 0.1) is 5.92 Å². The van der Waals surface area contributed by atoms with Crippen LogP contribution in [-0.4, -0.2) is 80.0 Å². The van der Waals surface area contributed by atoms with E-state index in [1.165, 1.54) is 18.4 Å². The summed E-state index contributed by atoms with van der Waals surface area (Å²) < 4.78 is 0. The Morgan fingerprint density at radius 1 is 1.10 bits per heavy atom. The third-order valence-corrected chi connectivity index (χ3v) is 6.87. The summed E-state index contributed by atoms with van der Waals surface area (Å²) in [5.41, 5.74) is 2.25. The topological polar surface area (TPSA) is 76.7 Å². The standard InChI is InChI=1S/C23H35N5O2/c1-27-12-14-28(15-13-27)11-7-18-2-4-20(5-3-18)26-22(30)21(29)24-17-19-6-10-25-23(16-19)8-9-23/h2-5,19,25H,6-17H2,1H3,(H,24,29)(H,26,30). The highest BCUT2D eigenvalue weighted by molar-refractivity contribution is 6.39. The molecular weight excluding hydrogens is 378 g/mol. The van der Waals surface area contributed by atoms with Crippen LogP contribution in [0.15, 0.2) is 24.3 Å². The van der Waals surface area contributed by atoms with E-state index in [1.807, 2.05) is 24.3 Å². The SMILES string of the molecule is CN1CCN(CCc2ccc(NC(=O)C(=O)NCC3CCNC4(CC4)C3)cc2)CC1. The van der Waals surface area contributed by atoms with Crippen molar-refractivity contribution < 1.29 is 9.59 Å². The molecule has 2 heterocycles. The molecule has 2 saturated heterocycles. The zero-order valence-electron chi connectivity index (χ0n) is 18.1. The first-order valence-electron chi connectivity index (χ1n) is 11.4. The summed E-state index contributed by atoms with van der Waals surface area (Å²) in [4.78, 5) is 29.3. The second-order valence-corrected chi connectivity index (χ2v) is 9.32. The van der Waals surface area contributed by atoms with Crippen molar-refractivity contribution in [1.82, 2.24) is 20.4 Å². The van der Waals surface area contributed by atoms with Crippen molar-refractivity contribution in [2.45, 2.75) is 37.6 Å². The molecule has 1 unspecified atom stereocenters. The number of carbonyl (C=O) groups is 2. The molecule has 3 N–H and O–H groups in total. The number of anilines is 1. The van der Waals surface area contributed by atoms with Crippen molar-refractivity contribution in [3.8, 4) is 0 Å². The highest BCUT2D eigenvalue weighted by Gasteiger charge is 2.45. The molecule has 30 heavy (non-hydrogen) atoms. The average Bonchev–Trinajstić information content (AvgIpc) is 3.50. The van der Waals surface area contributed by atoms with Gasteiger partial charge in [-0.25, -0.2) is 0 Å². The van der Waals surface area contributed by atoms with Crippen molar-refractivity contribution in [3.63, 3.8) is 0 Å². The second kappa shape index (κ2) is 9.45. The minimum atomic E-state index is -0.588. The van der Waals surface area contributed by atoms with Crippen LogP contribution in [0.5, 0.6) is 0 Å². The number of piperazine rings is 1. The molecule has 4 rings (SSSR count). The molecular formula is C23H35N5O2. The maximum absolute atomic E-state index is 12.2. The van der Waals surface area contributed by atoms with Crippen LogP contribution in [0.4, 0.5) is 5.69 Å². The Morgan fingerprint density at radius 3 is 2.53 bits per heavy atom. The number of likely N-dealkylation sites (N-methyl/N-ethyl adjacent to an activating group) is 1. The summed E-state index contributed by atoms with van der Waals surface area (Å²) in [6.45, 7) is 7.15. The number of piperidine rings is 1. The van der Waals surface area contributed by atoms with Gasteiger partial charge in [-0.15, -0.1) is 0 Å². The van der Waals surface area contributed by atoms with Crippen LogP contribution in [0.2, 0.25) is 0 Å². The number of hydrogen-bond acceptors (Lipinski definition) is 5. The smallest absolute Gasteiger partial charge is 0.313 e. The van der Waals surface area contributed by atoms with E-state index in [1.54, 1.807) is 0 Å². The molecule has 1 atom stereocenters. The molecule has 1 aromatic rings. The van der Waals surface area contributed by atoms with E-state index in [0.717, 1.165) is 58.5 Å². The molecule has 1 aliphatic carbocycles. The lowest BCUT2D eigenvalue weighted by molar-refractivity contribution is -0.136. The molecule has 1 aromatic carbocycles. The lowest BCUT2D eigenvalue weighted by atomic mass is 9.91. The molecule has 7 heteroatoms. The normalized spacial score (nSPS) is 23.8. The van der Waals surface area contributed by atoms with Gasteiger partial charge >= 0.3 is 11.8 Å². The summed E-state index contributed by atoms with van der Waals surface area (Å²) in [5.74, 6) is -0.669. The number of nitrogens with one attached hydrogen (secondary N) is 3. The highest BCUT2D eigenvalue weighted by atomic mass is 16.2. The molecule has 2 aliphatic heterocycles. The average molecular weight is 414 g/mol. The summed E-state index contributed by atoms with van der Waals surface area (Å²) in [6, 6.07) is 7.84. The molecule has 1 spiro atoms. The van der Waals surface area contributed by atoms with Gasteiger partial charge in [-0.1, -0.05) is 12.1 Å². The quantitative estimate of drug-likeness (QED) is 0.608. The van der Waals surface area contributed by atoms with E-state index >= 15 is 0 Å². The molecule has 0 bridgehead atoms. The van der Waals surface area contributed by atoms with E-state index in [-0.39, 0.29) is 0 Å². The maximum atomic E-state index is 12.2. The van der Waals surface area contributed by atoms with Crippen LogP contribution in [0.3, 0.4) is 0 Å². The summed E-state index contributed by atoms with van der Waals surface area (Å²) in [5, 5.41) is 9.12. The molecule has 3 fully saturated rings. The molecule has 164 valence electrons. The first-order chi connectivity index (χ1) is 14.5. The summed E-state index contributed by atoms with van der Waals surface area (Å²) in [6.07, 6.45) is 5.63. The number of nitrogens with zero attached hydrogens (tertiary/aromatic N) is 2. The molecule has 3 aliphatic rings. The lowest BCUT2D eigenvalue weighted by Gasteiger charge is -2.32. The van der Waals surface area contributed by atoms with E-state index in [2.05, 4.69) is 32.8 Å². The van der Waals surface area contributed by atoms with Crippen LogP contribution < -0.4 is 16.0 Å². The highest BCUT2D eigenvalue weighted by Crippen LogP contribution is 2.43. The monoisotopic (exact) mass is 413 g/mol. The zero-order chi connectivity index (χ0) is 21.0. The van der Waals surface area contributed by atoms with Gasteiger partial charge in [0, 0.05) is 50.5 Å². The maximum Gasteiger partial charge on any atom is 0.313 e. The molecule has 2 amide bonds. The van der Waals surface area contributed by atoms with Gasteiger partial charge in [0.15, 0.2) is 0 Å². The molecule has 0 radical (unpaired) electrons. The molecule has 1 saturated carbocycles. The number of benzene rings is 1. The Morgan fingerprint density at radius 2 is 1.83 bits per heavy atom. The number of carbonyl (C=O) groups excluding carboxylic acids is 2. The van der Waals surface area contributed by atoms with Gasteiger partial charge in [0.2, 0.25) is 0 Å². The third-order valence-electron chi connectivity index (χ3n) is 6.87. The van der Waals surface area contributed by atoms with Gasteiger partial charge in [0.25, 0.3) is 0 Å². The summed E-state index contributed by atoms with van der Waals surface area (Å²) >= 11 is 0. The Labute approximate surface area is 179 Å². The van der Waals surface area contributed by atoms with Crippen molar-refractivity contribution in [1.29, 1.82) is 0 Å². The van der Waals surface area contributed by atoms with Crippen LogP contribution in [0.1, 0.15) is 31.2 Å². The number of hydrogen-bond donors (Lipinski definition) is 3. The van der Waals surface area contributed by atoms with Gasteiger partial charge in [-0.05, 0) is 69.3 Å². The predicted molar refractivity (Wildman–Crippen MR) is 118 cm³/mol. The molecule has 7 nitrogen and oxygen atoms in total. The fourth-order valence-corrected chi connectivity index (χ4v) is 4.59. The first kappa shape index (κ1) is 21.3. The zero-order valence-corrected chi connectivity index (χ0v) is 18.1. The van der Waals surface area contributed by atoms with Gasteiger partial charge in [-0.2, -0.15) is 0 Å². The number of rotatable bonds is 6. The minimum absolute atomic E-state index is 0.335. The Balaban J connectivity index is 1.17. The van der Waals surface area contributed by atoms with Crippen molar-refractivity contribution in [3.05, 3.63) is 29.8 Å². The van der Waals surface area contributed by atoms with E-state index in [0.29, 0.717) is 23.7 Å². The van der Waals surface area contributed by atoms with Gasteiger partial charge < -0.3 is 25.8 Å². The minimum Gasteiger partial charge on any atom is -0.348 e. The van der Waals surface area contributed by atoms with Gasteiger partial charge in [0.05, 0.1) is 0 Å². The second-order valence-electron chi connectivity index (χ2n) is 9.32. The van der Waals surface area contributed by atoms with Crippen molar-refractivity contribution in [2.24, 2.45) is 5.92 Å². The van der Waals surface area contributed by atoms with E-state index in [9.17, 15) is 9.59 Å². The predicted octanol–water partition coefficient (Wildman–Crippen LogP) is 1.06. The van der Waals surface area contributed by atoms with E-state index < -0.39 is 11.8 Å². The Bertz CT molecular complexity index is 738. The van der Waals surface area contributed by atoms with Gasteiger partial charge in [-0.3, -0.25) is 9.59 Å². The third kappa shape index (κ3) is 5.80. The first-order valence-corrected chi connectivity index (χ1v) is 11.4. The largest absolute Gasteiger partial charge is 0.348 e. The molecule has 0 aromatic heterocycles. The summed E-state index contributed by atoms with van der Waals surface area (Å²) in [7, 11) is 2.17.